The van der Waals surface area contributed by atoms with E-state index in [2.05, 4.69) is 29.0 Å². The van der Waals surface area contributed by atoms with E-state index in [1.54, 1.807) is 12.3 Å². The molecule has 0 aliphatic carbocycles. The van der Waals surface area contributed by atoms with E-state index in [4.69, 9.17) is 0 Å². The number of carbonyl (C=O) groups excluding carboxylic acids is 1. The predicted molar refractivity (Wildman–Crippen MR) is 87.7 cm³/mol. The highest BCUT2D eigenvalue weighted by Crippen LogP contribution is 2.12. The van der Waals surface area contributed by atoms with Crippen molar-refractivity contribution in [1.82, 2.24) is 14.8 Å². The number of pyridine rings is 1. The van der Waals surface area contributed by atoms with E-state index >= 15 is 0 Å². The van der Waals surface area contributed by atoms with Crippen molar-refractivity contribution in [3.8, 4) is 0 Å². The number of anilines is 1. The molecule has 0 aromatic carbocycles. The molecule has 21 heavy (non-hydrogen) atoms. The van der Waals surface area contributed by atoms with Gasteiger partial charge in [0.2, 0.25) is 0 Å². The Morgan fingerprint density at radius 2 is 2.10 bits per heavy atom. The zero-order chi connectivity index (χ0) is 15.8. The molecule has 5 nitrogen and oxygen atoms in total. The summed E-state index contributed by atoms with van der Waals surface area (Å²) >= 11 is 0. The molecule has 0 aliphatic rings. The van der Waals surface area contributed by atoms with Gasteiger partial charge in [-0.05, 0) is 46.5 Å². The first-order valence-corrected chi connectivity index (χ1v) is 7.65. The maximum Gasteiger partial charge on any atom is 0.254 e. The summed E-state index contributed by atoms with van der Waals surface area (Å²) in [6, 6.07) is 3.80. The second kappa shape index (κ2) is 8.62. The summed E-state index contributed by atoms with van der Waals surface area (Å²) in [7, 11) is 4.04. The van der Waals surface area contributed by atoms with Crippen LogP contribution in [0.4, 0.5) is 5.82 Å². The van der Waals surface area contributed by atoms with Crippen LogP contribution in [0.1, 0.15) is 37.6 Å². The molecular weight excluding hydrogens is 264 g/mol. The molecule has 1 heterocycles. The van der Waals surface area contributed by atoms with Gasteiger partial charge in [-0.3, -0.25) is 4.79 Å². The number of rotatable bonds is 8. The number of aromatic nitrogens is 1. The van der Waals surface area contributed by atoms with E-state index in [0.717, 1.165) is 25.3 Å². The van der Waals surface area contributed by atoms with Gasteiger partial charge in [0, 0.05) is 37.4 Å². The summed E-state index contributed by atoms with van der Waals surface area (Å²) in [6.07, 6.45) is 2.72. The lowest BCUT2D eigenvalue weighted by molar-refractivity contribution is 0.0679. The van der Waals surface area contributed by atoms with Gasteiger partial charge in [0.25, 0.3) is 5.91 Å². The number of nitrogens with zero attached hydrogens (tertiary/aromatic N) is 3. The monoisotopic (exact) mass is 292 g/mol. The number of hydrogen-bond acceptors (Lipinski definition) is 4. The zero-order valence-electron chi connectivity index (χ0n) is 13.9. The average Bonchev–Trinajstić information content (AvgIpc) is 2.45. The van der Waals surface area contributed by atoms with Crippen molar-refractivity contribution in [3.05, 3.63) is 23.9 Å². The van der Waals surface area contributed by atoms with Gasteiger partial charge in [0.1, 0.15) is 5.82 Å². The van der Waals surface area contributed by atoms with Crippen molar-refractivity contribution in [3.63, 3.8) is 0 Å². The quantitative estimate of drug-likeness (QED) is 0.799. The molecule has 5 heteroatoms. The second-order valence-corrected chi connectivity index (χ2v) is 5.56. The standard InChI is InChI=1S/C16H28N4O/c1-6-9-17-15-11-14(8-10-18-15)16(21)20(7-2)13(3)12-19(4)5/h8,10-11,13H,6-7,9,12H2,1-5H3,(H,17,18). The van der Waals surface area contributed by atoms with Crippen LogP contribution in [0.5, 0.6) is 0 Å². The highest BCUT2D eigenvalue weighted by molar-refractivity contribution is 5.95. The number of likely N-dealkylation sites (N-methyl/N-ethyl adjacent to an activating group) is 2. The molecule has 1 unspecified atom stereocenters. The molecule has 1 aromatic rings. The van der Waals surface area contributed by atoms with Crippen LogP contribution >= 0.6 is 0 Å². The van der Waals surface area contributed by atoms with Gasteiger partial charge < -0.3 is 15.1 Å². The van der Waals surface area contributed by atoms with Crippen LogP contribution in [0.25, 0.3) is 0 Å². The van der Waals surface area contributed by atoms with Crippen LogP contribution in [0.3, 0.4) is 0 Å². The molecule has 0 saturated heterocycles. The minimum atomic E-state index is 0.0637. The van der Waals surface area contributed by atoms with Crippen LogP contribution in [0.2, 0.25) is 0 Å². The van der Waals surface area contributed by atoms with Crippen molar-refractivity contribution in [2.24, 2.45) is 0 Å². The first kappa shape index (κ1) is 17.4. The fourth-order valence-electron chi connectivity index (χ4n) is 2.36. The molecule has 0 bridgehead atoms. The number of carbonyl (C=O) groups is 1. The van der Waals surface area contributed by atoms with Crippen LogP contribution in [-0.4, -0.2) is 60.5 Å². The lowest BCUT2D eigenvalue weighted by atomic mass is 10.2. The highest BCUT2D eigenvalue weighted by Gasteiger charge is 2.20. The van der Waals surface area contributed by atoms with E-state index in [9.17, 15) is 4.79 Å². The van der Waals surface area contributed by atoms with E-state index in [0.29, 0.717) is 12.1 Å². The molecule has 1 amide bonds. The van der Waals surface area contributed by atoms with Crippen molar-refractivity contribution < 1.29 is 4.79 Å². The second-order valence-electron chi connectivity index (χ2n) is 5.56. The first-order chi connectivity index (χ1) is 9.99. The number of amides is 1. The Labute approximate surface area is 128 Å². The van der Waals surface area contributed by atoms with Crippen molar-refractivity contribution in [2.75, 3.05) is 39.0 Å². The Hall–Kier alpha value is -1.62. The lowest BCUT2D eigenvalue weighted by Gasteiger charge is -2.30. The molecule has 0 fully saturated rings. The van der Waals surface area contributed by atoms with E-state index in [1.807, 2.05) is 32.0 Å². The van der Waals surface area contributed by atoms with Crippen LogP contribution in [0.15, 0.2) is 18.3 Å². The molecular formula is C16H28N4O. The minimum absolute atomic E-state index is 0.0637. The topological polar surface area (TPSA) is 48.5 Å². The van der Waals surface area contributed by atoms with E-state index < -0.39 is 0 Å². The summed E-state index contributed by atoms with van der Waals surface area (Å²) < 4.78 is 0. The van der Waals surface area contributed by atoms with Crippen molar-refractivity contribution in [1.29, 1.82) is 0 Å². The van der Waals surface area contributed by atoms with Crippen LogP contribution < -0.4 is 5.32 Å². The van der Waals surface area contributed by atoms with E-state index in [1.165, 1.54) is 0 Å². The Morgan fingerprint density at radius 1 is 1.38 bits per heavy atom. The van der Waals surface area contributed by atoms with E-state index in [-0.39, 0.29) is 11.9 Å². The maximum absolute atomic E-state index is 12.7. The Balaban J connectivity index is 2.84. The largest absolute Gasteiger partial charge is 0.370 e. The summed E-state index contributed by atoms with van der Waals surface area (Å²) in [5, 5.41) is 3.22. The molecule has 1 N–H and O–H groups in total. The number of hydrogen-bond donors (Lipinski definition) is 1. The third kappa shape index (κ3) is 5.34. The molecule has 1 rings (SSSR count). The number of nitrogens with one attached hydrogen (secondary N) is 1. The van der Waals surface area contributed by atoms with Crippen LogP contribution in [-0.2, 0) is 0 Å². The summed E-state index contributed by atoms with van der Waals surface area (Å²) in [4.78, 5) is 20.9. The lowest BCUT2D eigenvalue weighted by Crippen LogP contribution is -2.43. The minimum Gasteiger partial charge on any atom is -0.370 e. The van der Waals surface area contributed by atoms with Gasteiger partial charge in [-0.25, -0.2) is 4.98 Å². The Morgan fingerprint density at radius 3 is 2.67 bits per heavy atom. The normalized spacial score (nSPS) is 12.3. The van der Waals surface area contributed by atoms with Crippen LogP contribution in [0, 0.1) is 0 Å². The molecule has 0 aliphatic heterocycles. The Kier molecular flexibility index (Phi) is 7.15. The smallest absolute Gasteiger partial charge is 0.254 e. The van der Waals surface area contributed by atoms with Gasteiger partial charge in [0.15, 0.2) is 0 Å². The molecule has 1 aromatic heterocycles. The summed E-state index contributed by atoms with van der Waals surface area (Å²) in [5.41, 5.74) is 0.691. The molecule has 0 radical (unpaired) electrons. The highest BCUT2D eigenvalue weighted by atomic mass is 16.2. The SMILES string of the molecule is CCCNc1cc(C(=O)N(CC)C(C)CN(C)C)ccn1. The van der Waals surface area contributed by atoms with Gasteiger partial charge in [-0.15, -0.1) is 0 Å². The average molecular weight is 292 g/mol. The molecule has 118 valence electrons. The van der Waals surface area contributed by atoms with Gasteiger partial charge in [-0.1, -0.05) is 6.92 Å². The molecule has 1 atom stereocenters. The third-order valence-corrected chi connectivity index (χ3v) is 3.33. The summed E-state index contributed by atoms with van der Waals surface area (Å²) in [5.74, 6) is 0.827. The molecule has 0 saturated carbocycles. The third-order valence-electron chi connectivity index (χ3n) is 3.33. The zero-order valence-corrected chi connectivity index (χ0v) is 13.9. The predicted octanol–water partition coefficient (Wildman–Crippen LogP) is 2.32. The molecule has 0 spiro atoms. The van der Waals surface area contributed by atoms with Crippen molar-refractivity contribution >= 4 is 11.7 Å². The first-order valence-electron chi connectivity index (χ1n) is 7.65. The summed E-state index contributed by atoms with van der Waals surface area (Å²) in [6.45, 7) is 8.61. The van der Waals surface area contributed by atoms with Gasteiger partial charge in [-0.2, -0.15) is 0 Å². The Bertz CT molecular complexity index is 448. The maximum atomic E-state index is 12.7. The fourth-order valence-corrected chi connectivity index (χ4v) is 2.36. The fraction of sp³-hybridized carbons (Fsp3) is 0.625. The van der Waals surface area contributed by atoms with Gasteiger partial charge >= 0.3 is 0 Å². The van der Waals surface area contributed by atoms with Gasteiger partial charge in [0.05, 0.1) is 0 Å². The van der Waals surface area contributed by atoms with Crippen molar-refractivity contribution in [2.45, 2.75) is 33.2 Å².